The van der Waals surface area contributed by atoms with E-state index >= 15 is 0 Å². The molecule has 0 saturated heterocycles. The number of para-hydroxylation sites is 1. The molecule has 0 unspecified atom stereocenters. The monoisotopic (exact) mass is 250 g/mol. The van der Waals surface area contributed by atoms with Gasteiger partial charge in [-0.25, -0.2) is 4.79 Å². The second kappa shape index (κ2) is 8.17. The van der Waals surface area contributed by atoms with Crippen molar-refractivity contribution in [3.05, 3.63) is 42.2 Å². The molecule has 98 valence electrons. The number of carbonyl (C=O) groups is 1. The average molecular weight is 250 g/mol. The van der Waals surface area contributed by atoms with Gasteiger partial charge in [-0.1, -0.05) is 18.2 Å². The van der Waals surface area contributed by atoms with Gasteiger partial charge in [-0.05, 0) is 26.0 Å². The van der Waals surface area contributed by atoms with Gasteiger partial charge >= 0.3 is 5.97 Å². The van der Waals surface area contributed by atoms with Crippen LogP contribution in [0.3, 0.4) is 0 Å². The van der Waals surface area contributed by atoms with Gasteiger partial charge in [-0.3, -0.25) is 0 Å². The van der Waals surface area contributed by atoms with Gasteiger partial charge in [0, 0.05) is 0 Å². The third-order valence-corrected chi connectivity index (χ3v) is 2.07. The maximum Gasteiger partial charge on any atom is 0.336 e. The summed E-state index contributed by atoms with van der Waals surface area (Å²) in [5, 5.41) is 0. The van der Waals surface area contributed by atoms with Gasteiger partial charge in [0.1, 0.15) is 19.0 Å². The molecule has 0 aromatic heterocycles. The Labute approximate surface area is 107 Å². The van der Waals surface area contributed by atoms with Crippen molar-refractivity contribution in [1.29, 1.82) is 0 Å². The number of rotatable bonds is 7. The Hall–Kier alpha value is -1.97. The zero-order chi connectivity index (χ0) is 13.2. The van der Waals surface area contributed by atoms with E-state index in [2.05, 4.69) is 0 Å². The van der Waals surface area contributed by atoms with Crippen LogP contribution < -0.4 is 4.74 Å². The first-order valence-corrected chi connectivity index (χ1v) is 5.87. The summed E-state index contributed by atoms with van der Waals surface area (Å²) in [5.74, 6) is 0.439. The fraction of sp³-hybridized carbons (Fsp3) is 0.357. The van der Waals surface area contributed by atoms with Gasteiger partial charge in [-0.15, -0.1) is 0 Å². The topological polar surface area (TPSA) is 44.8 Å². The van der Waals surface area contributed by atoms with E-state index in [1.165, 1.54) is 6.26 Å². The lowest BCUT2D eigenvalue weighted by molar-refractivity contribution is -0.138. The minimum Gasteiger partial charge on any atom is -0.497 e. The van der Waals surface area contributed by atoms with E-state index < -0.39 is 0 Å². The van der Waals surface area contributed by atoms with Crippen LogP contribution in [-0.4, -0.2) is 25.8 Å². The molecule has 4 heteroatoms. The molecule has 18 heavy (non-hydrogen) atoms. The zero-order valence-electron chi connectivity index (χ0n) is 10.7. The molecule has 0 radical (unpaired) electrons. The van der Waals surface area contributed by atoms with Crippen LogP contribution in [0.25, 0.3) is 0 Å². The smallest absolute Gasteiger partial charge is 0.336 e. The van der Waals surface area contributed by atoms with Crippen molar-refractivity contribution in [2.24, 2.45) is 0 Å². The molecule has 1 aromatic rings. The molecule has 0 heterocycles. The van der Waals surface area contributed by atoms with Crippen LogP contribution in [0, 0.1) is 0 Å². The normalized spacial score (nSPS) is 10.9. The van der Waals surface area contributed by atoms with Crippen LogP contribution in [0.1, 0.15) is 13.8 Å². The van der Waals surface area contributed by atoms with E-state index in [1.807, 2.05) is 30.3 Å². The Kier molecular flexibility index (Phi) is 6.40. The molecule has 0 spiro atoms. The second-order valence-electron chi connectivity index (χ2n) is 3.55. The molecule has 0 fully saturated rings. The van der Waals surface area contributed by atoms with Gasteiger partial charge in [0.15, 0.2) is 0 Å². The predicted octanol–water partition coefficient (Wildman–Crippen LogP) is 2.55. The van der Waals surface area contributed by atoms with Crippen LogP contribution >= 0.6 is 0 Å². The van der Waals surface area contributed by atoms with Crippen molar-refractivity contribution >= 4 is 5.97 Å². The molecule has 0 bridgehead atoms. The largest absolute Gasteiger partial charge is 0.497 e. The van der Waals surface area contributed by atoms with Gasteiger partial charge in [-0.2, -0.15) is 0 Å². The fourth-order valence-electron chi connectivity index (χ4n) is 1.20. The Morgan fingerprint density at radius 2 is 1.94 bits per heavy atom. The Balaban J connectivity index is 2.18. The van der Waals surface area contributed by atoms with E-state index in [1.54, 1.807) is 13.8 Å². The lowest BCUT2D eigenvalue weighted by Gasteiger charge is -2.06. The second-order valence-corrected chi connectivity index (χ2v) is 3.55. The molecule has 0 amide bonds. The molecule has 0 saturated carbocycles. The van der Waals surface area contributed by atoms with E-state index in [9.17, 15) is 4.79 Å². The Morgan fingerprint density at radius 1 is 1.22 bits per heavy atom. The zero-order valence-corrected chi connectivity index (χ0v) is 10.7. The number of esters is 1. The molecule has 1 aromatic carbocycles. The molecular weight excluding hydrogens is 232 g/mol. The predicted molar refractivity (Wildman–Crippen MR) is 68.3 cm³/mol. The van der Waals surface area contributed by atoms with E-state index in [0.717, 1.165) is 5.75 Å². The molecule has 0 aliphatic heterocycles. The van der Waals surface area contributed by atoms with Gasteiger partial charge in [0.2, 0.25) is 0 Å². The standard InChI is InChI=1S/C14H18O4/c1-3-17-14(15)12(2)11-16-9-10-18-13-7-5-4-6-8-13/h4-8,11H,3,9-10H2,1-2H3/b12-11+. The molecule has 1 rings (SSSR count). The number of carbonyl (C=O) groups excluding carboxylic acids is 1. The summed E-state index contributed by atoms with van der Waals surface area (Å²) < 4.78 is 15.4. The molecule has 0 atom stereocenters. The maximum atomic E-state index is 11.2. The number of benzene rings is 1. The fourth-order valence-corrected chi connectivity index (χ4v) is 1.20. The minimum atomic E-state index is -0.360. The van der Waals surface area contributed by atoms with Crippen LogP contribution in [0.15, 0.2) is 42.2 Å². The third-order valence-electron chi connectivity index (χ3n) is 2.07. The highest BCUT2D eigenvalue weighted by molar-refractivity contribution is 5.87. The van der Waals surface area contributed by atoms with Crippen molar-refractivity contribution in [3.63, 3.8) is 0 Å². The first-order chi connectivity index (χ1) is 8.74. The summed E-state index contributed by atoms with van der Waals surface area (Å²) in [7, 11) is 0. The summed E-state index contributed by atoms with van der Waals surface area (Å²) in [6.07, 6.45) is 1.40. The SMILES string of the molecule is CCOC(=O)/C(C)=C/OCCOc1ccccc1. The highest BCUT2D eigenvalue weighted by atomic mass is 16.5. The highest BCUT2D eigenvalue weighted by Crippen LogP contribution is 2.07. The Morgan fingerprint density at radius 3 is 2.61 bits per heavy atom. The van der Waals surface area contributed by atoms with Crippen LogP contribution in [0.4, 0.5) is 0 Å². The van der Waals surface area contributed by atoms with Crippen molar-refractivity contribution < 1.29 is 19.0 Å². The van der Waals surface area contributed by atoms with Crippen LogP contribution in [0.2, 0.25) is 0 Å². The van der Waals surface area contributed by atoms with Crippen molar-refractivity contribution in [2.75, 3.05) is 19.8 Å². The first kappa shape index (κ1) is 14.1. The third kappa shape index (κ3) is 5.39. The average Bonchev–Trinajstić information content (AvgIpc) is 2.39. The molecule has 4 nitrogen and oxygen atoms in total. The first-order valence-electron chi connectivity index (χ1n) is 5.87. The van der Waals surface area contributed by atoms with Crippen molar-refractivity contribution in [3.8, 4) is 5.75 Å². The lowest BCUT2D eigenvalue weighted by atomic mass is 10.3. The minimum absolute atomic E-state index is 0.360. The summed E-state index contributed by atoms with van der Waals surface area (Å²) >= 11 is 0. The summed E-state index contributed by atoms with van der Waals surface area (Å²) in [5.41, 5.74) is 0.441. The lowest BCUT2D eigenvalue weighted by Crippen LogP contribution is -2.07. The molecule has 0 aliphatic rings. The van der Waals surface area contributed by atoms with Gasteiger partial charge in [0.05, 0.1) is 18.4 Å². The van der Waals surface area contributed by atoms with Crippen molar-refractivity contribution in [1.82, 2.24) is 0 Å². The molecule has 0 N–H and O–H groups in total. The van der Waals surface area contributed by atoms with Crippen molar-refractivity contribution in [2.45, 2.75) is 13.8 Å². The number of hydrogen-bond acceptors (Lipinski definition) is 4. The highest BCUT2D eigenvalue weighted by Gasteiger charge is 2.03. The Bertz CT molecular complexity index is 384. The molecule has 0 aliphatic carbocycles. The van der Waals surface area contributed by atoms with E-state index in [-0.39, 0.29) is 5.97 Å². The van der Waals surface area contributed by atoms with Crippen LogP contribution in [-0.2, 0) is 14.3 Å². The quantitative estimate of drug-likeness (QED) is 0.323. The van der Waals surface area contributed by atoms with E-state index in [4.69, 9.17) is 14.2 Å². The molecular formula is C14H18O4. The maximum absolute atomic E-state index is 11.2. The number of hydrogen-bond donors (Lipinski definition) is 0. The van der Waals surface area contributed by atoms with Gasteiger partial charge < -0.3 is 14.2 Å². The summed E-state index contributed by atoms with van der Waals surface area (Å²) in [6, 6.07) is 9.48. The van der Waals surface area contributed by atoms with Gasteiger partial charge in [0.25, 0.3) is 0 Å². The number of ether oxygens (including phenoxy) is 3. The summed E-state index contributed by atoms with van der Waals surface area (Å²) in [6.45, 7) is 4.58. The van der Waals surface area contributed by atoms with E-state index in [0.29, 0.717) is 25.4 Å². The van der Waals surface area contributed by atoms with Crippen LogP contribution in [0.5, 0.6) is 5.75 Å². The summed E-state index contributed by atoms with van der Waals surface area (Å²) in [4.78, 5) is 11.2.